The molecule has 0 saturated heterocycles. The molecule has 0 bridgehead atoms. The zero-order valence-electron chi connectivity index (χ0n) is 20.6. The summed E-state index contributed by atoms with van der Waals surface area (Å²) in [5.74, 6) is -0.788. The number of hydrogen-bond acceptors (Lipinski definition) is 4. The summed E-state index contributed by atoms with van der Waals surface area (Å²) in [7, 11) is 0. The number of fused-ring (bicyclic) bond motifs is 1. The number of para-hydroxylation sites is 1. The van der Waals surface area contributed by atoms with E-state index in [0.29, 0.717) is 25.1 Å². The van der Waals surface area contributed by atoms with Crippen molar-refractivity contribution in [1.82, 2.24) is 14.9 Å². The minimum absolute atomic E-state index is 0.0365. The van der Waals surface area contributed by atoms with Gasteiger partial charge in [-0.25, -0.2) is 4.79 Å². The average molecular weight is 481 g/mol. The maximum Gasteiger partial charge on any atom is 0.338 e. The molecule has 2 heterocycles. The van der Waals surface area contributed by atoms with Crippen molar-refractivity contribution in [2.45, 2.75) is 27.2 Å². The van der Waals surface area contributed by atoms with Crippen LogP contribution in [0.15, 0.2) is 66.4 Å². The number of rotatable bonds is 8. The van der Waals surface area contributed by atoms with E-state index in [1.165, 1.54) is 0 Å². The third-order valence-corrected chi connectivity index (χ3v) is 6.11. The van der Waals surface area contributed by atoms with Crippen LogP contribution < -0.4 is 5.32 Å². The fraction of sp³-hybridized carbons (Fsp3) is 0.207. The second-order valence-corrected chi connectivity index (χ2v) is 8.47. The molecule has 0 saturated carbocycles. The summed E-state index contributed by atoms with van der Waals surface area (Å²) < 4.78 is 7.10. The van der Waals surface area contributed by atoms with Crippen LogP contribution in [-0.4, -0.2) is 34.6 Å². The number of amides is 1. The number of aryl methyl sites for hydroxylation is 1. The van der Waals surface area contributed by atoms with Gasteiger partial charge < -0.3 is 19.6 Å². The number of esters is 1. The number of ether oxygens (including phenoxy) is 1. The Balaban J connectivity index is 1.51. The monoisotopic (exact) mass is 480 g/mol. The minimum Gasteiger partial charge on any atom is -0.462 e. The van der Waals surface area contributed by atoms with Gasteiger partial charge in [0.05, 0.1) is 12.2 Å². The SMILES string of the molecule is CCOC(=O)c1cccc(-n2c(C)cc(/C=C(/C#N)C(=O)NCCc3c[nH]c4ccccc34)c2C)c1. The fourth-order valence-electron chi connectivity index (χ4n) is 4.37. The Morgan fingerprint density at radius 1 is 1.14 bits per heavy atom. The highest BCUT2D eigenvalue weighted by atomic mass is 16.5. The normalized spacial score (nSPS) is 11.3. The zero-order valence-corrected chi connectivity index (χ0v) is 20.6. The first-order valence-electron chi connectivity index (χ1n) is 11.8. The van der Waals surface area contributed by atoms with E-state index in [9.17, 15) is 14.9 Å². The van der Waals surface area contributed by atoms with Crippen LogP contribution in [-0.2, 0) is 16.0 Å². The first-order valence-corrected chi connectivity index (χ1v) is 11.8. The van der Waals surface area contributed by atoms with E-state index in [1.54, 1.807) is 31.2 Å². The molecule has 0 atom stereocenters. The van der Waals surface area contributed by atoms with Crippen LogP contribution in [0.5, 0.6) is 0 Å². The highest BCUT2D eigenvalue weighted by Crippen LogP contribution is 2.24. The Labute approximate surface area is 210 Å². The van der Waals surface area contributed by atoms with E-state index in [-0.39, 0.29) is 11.5 Å². The molecule has 36 heavy (non-hydrogen) atoms. The summed E-state index contributed by atoms with van der Waals surface area (Å²) in [6.07, 6.45) is 4.21. The lowest BCUT2D eigenvalue weighted by Crippen LogP contribution is -2.26. The molecule has 4 rings (SSSR count). The van der Waals surface area contributed by atoms with E-state index in [1.807, 2.05) is 67.1 Å². The predicted molar refractivity (Wildman–Crippen MR) is 140 cm³/mol. The number of nitrogens with zero attached hydrogens (tertiary/aromatic N) is 2. The summed E-state index contributed by atoms with van der Waals surface area (Å²) in [5.41, 5.74) is 6.00. The first-order chi connectivity index (χ1) is 17.4. The van der Waals surface area contributed by atoms with E-state index in [4.69, 9.17) is 4.74 Å². The number of hydrogen-bond donors (Lipinski definition) is 2. The van der Waals surface area contributed by atoms with E-state index < -0.39 is 5.91 Å². The summed E-state index contributed by atoms with van der Waals surface area (Å²) in [6, 6.07) is 19.2. The molecule has 1 amide bonds. The minimum atomic E-state index is -0.411. The summed E-state index contributed by atoms with van der Waals surface area (Å²) in [6.45, 7) is 6.35. The maximum absolute atomic E-state index is 12.8. The molecule has 0 fully saturated rings. The number of nitrogens with one attached hydrogen (secondary N) is 2. The molecule has 0 spiro atoms. The van der Waals surface area contributed by atoms with Crippen molar-refractivity contribution in [2.24, 2.45) is 0 Å². The summed E-state index contributed by atoms with van der Waals surface area (Å²) >= 11 is 0. The number of aromatic amines is 1. The molecule has 7 nitrogen and oxygen atoms in total. The molecule has 182 valence electrons. The average Bonchev–Trinajstić information content (AvgIpc) is 3.42. The second kappa shape index (κ2) is 10.8. The Hall–Kier alpha value is -4.57. The van der Waals surface area contributed by atoms with Crippen LogP contribution in [0.4, 0.5) is 0 Å². The lowest BCUT2D eigenvalue weighted by molar-refractivity contribution is -0.117. The van der Waals surface area contributed by atoms with E-state index in [2.05, 4.69) is 10.3 Å². The number of aromatic nitrogens is 2. The van der Waals surface area contributed by atoms with Gasteiger partial charge in [0, 0.05) is 40.7 Å². The van der Waals surface area contributed by atoms with Gasteiger partial charge in [-0.15, -0.1) is 0 Å². The van der Waals surface area contributed by atoms with Crippen LogP contribution >= 0.6 is 0 Å². The number of carbonyl (C=O) groups is 2. The third-order valence-electron chi connectivity index (χ3n) is 6.11. The van der Waals surface area contributed by atoms with Crippen molar-refractivity contribution in [1.29, 1.82) is 5.26 Å². The number of benzene rings is 2. The zero-order chi connectivity index (χ0) is 25.7. The van der Waals surface area contributed by atoms with Crippen molar-refractivity contribution < 1.29 is 14.3 Å². The molecule has 0 unspecified atom stereocenters. The maximum atomic E-state index is 12.8. The van der Waals surface area contributed by atoms with E-state index in [0.717, 1.165) is 39.1 Å². The predicted octanol–water partition coefficient (Wildman–Crippen LogP) is 5.02. The fourth-order valence-corrected chi connectivity index (χ4v) is 4.37. The molecule has 0 aliphatic carbocycles. The molecular formula is C29H28N4O3. The van der Waals surface area contributed by atoms with Crippen LogP contribution in [0.25, 0.3) is 22.7 Å². The first kappa shape index (κ1) is 24.6. The van der Waals surface area contributed by atoms with Crippen LogP contribution in [0.1, 0.15) is 39.8 Å². The smallest absolute Gasteiger partial charge is 0.338 e. The van der Waals surface area contributed by atoms with Gasteiger partial charge in [-0.2, -0.15) is 5.26 Å². The Bertz CT molecular complexity index is 1500. The molecule has 2 N–H and O–H groups in total. The number of nitriles is 1. The molecular weight excluding hydrogens is 452 g/mol. The van der Waals surface area contributed by atoms with Crippen LogP contribution in [0, 0.1) is 25.2 Å². The van der Waals surface area contributed by atoms with Gasteiger partial charge in [-0.05, 0) is 74.7 Å². The standard InChI is InChI=1S/C29H28N4O3/c1-4-36-29(35)21-8-7-9-25(16-21)33-19(2)14-23(20(33)3)15-24(17-30)28(34)31-13-12-22-18-32-27-11-6-5-10-26(22)27/h5-11,14-16,18,32H,4,12-13H2,1-3H3,(H,31,34)/b24-15-. The van der Waals surface area contributed by atoms with Gasteiger partial charge >= 0.3 is 5.97 Å². The molecule has 0 radical (unpaired) electrons. The van der Waals surface area contributed by atoms with Crippen LogP contribution in [0.3, 0.4) is 0 Å². The highest BCUT2D eigenvalue weighted by molar-refractivity contribution is 6.02. The summed E-state index contributed by atoms with van der Waals surface area (Å²) in [5, 5.41) is 13.7. The van der Waals surface area contributed by atoms with Crippen molar-refractivity contribution in [3.05, 3.63) is 94.4 Å². The Kier molecular flexibility index (Phi) is 7.36. The van der Waals surface area contributed by atoms with Crippen LogP contribution in [0.2, 0.25) is 0 Å². The van der Waals surface area contributed by atoms with Gasteiger partial charge in [0.1, 0.15) is 11.6 Å². The van der Waals surface area contributed by atoms with Crippen molar-refractivity contribution in [2.75, 3.05) is 13.2 Å². The van der Waals surface area contributed by atoms with Crippen molar-refractivity contribution in [3.8, 4) is 11.8 Å². The lowest BCUT2D eigenvalue weighted by Gasteiger charge is -2.11. The molecule has 0 aliphatic rings. The van der Waals surface area contributed by atoms with Gasteiger partial charge in [-0.1, -0.05) is 24.3 Å². The quantitative estimate of drug-likeness (QED) is 0.210. The Morgan fingerprint density at radius 2 is 1.94 bits per heavy atom. The van der Waals surface area contributed by atoms with Crippen molar-refractivity contribution >= 4 is 28.9 Å². The van der Waals surface area contributed by atoms with Gasteiger partial charge in [0.25, 0.3) is 5.91 Å². The number of H-pyrrole nitrogens is 1. The van der Waals surface area contributed by atoms with Gasteiger partial charge in [0.15, 0.2) is 0 Å². The Morgan fingerprint density at radius 3 is 2.72 bits per heavy atom. The largest absolute Gasteiger partial charge is 0.462 e. The molecule has 2 aromatic carbocycles. The summed E-state index contributed by atoms with van der Waals surface area (Å²) in [4.78, 5) is 28.2. The van der Waals surface area contributed by atoms with E-state index >= 15 is 0 Å². The second-order valence-electron chi connectivity index (χ2n) is 8.47. The lowest BCUT2D eigenvalue weighted by atomic mass is 10.1. The molecule has 7 heteroatoms. The van der Waals surface area contributed by atoms with Gasteiger partial charge in [-0.3, -0.25) is 4.79 Å². The topological polar surface area (TPSA) is 99.9 Å². The molecule has 4 aromatic rings. The highest BCUT2D eigenvalue weighted by Gasteiger charge is 2.15. The molecule has 0 aliphatic heterocycles. The number of carbonyl (C=O) groups excluding carboxylic acids is 2. The third kappa shape index (κ3) is 5.08. The van der Waals surface area contributed by atoms with Gasteiger partial charge in [0.2, 0.25) is 0 Å². The molecule has 2 aromatic heterocycles. The van der Waals surface area contributed by atoms with Crippen molar-refractivity contribution in [3.63, 3.8) is 0 Å².